The molecule has 0 atom stereocenters. The van der Waals surface area contributed by atoms with Gasteiger partial charge in [-0.25, -0.2) is 4.79 Å². The molecule has 0 spiro atoms. The molecule has 13 heavy (non-hydrogen) atoms. The standard InChI is InChI=1S/C8H14N2O3/c1-8(2)6(12)10(4-5-11)7(13)9(8)3/h11H,4-5H2,1-3H3. The van der Waals surface area contributed by atoms with Crippen LogP contribution in [0.15, 0.2) is 0 Å². The van der Waals surface area contributed by atoms with E-state index in [1.807, 2.05) is 0 Å². The van der Waals surface area contributed by atoms with Crippen molar-refractivity contribution in [2.24, 2.45) is 0 Å². The van der Waals surface area contributed by atoms with Crippen LogP contribution in [0, 0.1) is 0 Å². The first-order chi connectivity index (χ1) is 5.92. The molecule has 0 saturated carbocycles. The van der Waals surface area contributed by atoms with Gasteiger partial charge in [-0.15, -0.1) is 0 Å². The summed E-state index contributed by atoms with van der Waals surface area (Å²) in [4.78, 5) is 25.5. The zero-order valence-corrected chi connectivity index (χ0v) is 8.07. The Kier molecular flexibility index (Phi) is 2.30. The molecule has 74 valence electrons. The third-order valence-electron chi connectivity index (χ3n) is 2.45. The molecule has 1 aliphatic heterocycles. The Balaban J connectivity index is 2.92. The first kappa shape index (κ1) is 9.98. The van der Waals surface area contributed by atoms with E-state index >= 15 is 0 Å². The van der Waals surface area contributed by atoms with Crippen LogP contribution in [0.4, 0.5) is 4.79 Å². The summed E-state index contributed by atoms with van der Waals surface area (Å²) in [6.07, 6.45) is 0. The first-order valence-corrected chi connectivity index (χ1v) is 4.13. The fourth-order valence-corrected chi connectivity index (χ4v) is 1.28. The van der Waals surface area contributed by atoms with Gasteiger partial charge in [-0.2, -0.15) is 0 Å². The summed E-state index contributed by atoms with van der Waals surface area (Å²) in [5.41, 5.74) is -0.785. The molecular weight excluding hydrogens is 172 g/mol. The number of aliphatic hydroxyl groups is 1. The van der Waals surface area contributed by atoms with Gasteiger partial charge < -0.3 is 10.0 Å². The molecule has 1 fully saturated rings. The first-order valence-electron chi connectivity index (χ1n) is 4.13. The molecule has 0 unspecified atom stereocenters. The maximum Gasteiger partial charge on any atom is 0.327 e. The number of amides is 3. The molecule has 0 aromatic carbocycles. The van der Waals surface area contributed by atoms with Crippen LogP contribution < -0.4 is 0 Å². The van der Waals surface area contributed by atoms with E-state index < -0.39 is 5.54 Å². The third kappa shape index (κ3) is 1.29. The highest BCUT2D eigenvalue weighted by molar-refractivity contribution is 6.06. The van der Waals surface area contributed by atoms with E-state index in [2.05, 4.69) is 0 Å². The molecule has 5 heteroatoms. The smallest absolute Gasteiger partial charge is 0.327 e. The number of aliphatic hydroxyl groups excluding tert-OH is 1. The van der Waals surface area contributed by atoms with Gasteiger partial charge in [0.2, 0.25) is 0 Å². The van der Waals surface area contributed by atoms with Gasteiger partial charge in [0.25, 0.3) is 5.91 Å². The van der Waals surface area contributed by atoms with Crippen molar-refractivity contribution in [3.63, 3.8) is 0 Å². The number of urea groups is 1. The number of rotatable bonds is 2. The lowest BCUT2D eigenvalue weighted by molar-refractivity contribution is -0.131. The maximum atomic E-state index is 11.6. The van der Waals surface area contributed by atoms with Crippen molar-refractivity contribution in [1.29, 1.82) is 0 Å². The SMILES string of the molecule is CN1C(=O)N(CCO)C(=O)C1(C)C. The van der Waals surface area contributed by atoms with Gasteiger partial charge in [-0.05, 0) is 13.8 Å². The number of nitrogens with zero attached hydrogens (tertiary/aromatic N) is 2. The molecule has 1 rings (SSSR count). The van der Waals surface area contributed by atoms with E-state index in [9.17, 15) is 9.59 Å². The van der Waals surface area contributed by atoms with Gasteiger partial charge >= 0.3 is 6.03 Å². The van der Waals surface area contributed by atoms with Gasteiger partial charge in [0.05, 0.1) is 13.2 Å². The summed E-state index contributed by atoms with van der Waals surface area (Å²) >= 11 is 0. The predicted molar refractivity (Wildman–Crippen MR) is 46.0 cm³/mol. The number of likely N-dealkylation sites (N-methyl/N-ethyl adjacent to an activating group) is 1. The summed E-state index contributed by atoms with van der Waals surface area (Å²) < 4.78 is 0. The van der Waals surface area contributed by atoms with Crippen molar-refractivity contribution in [2.45, 2.75) is 19.4 Å². The lowest BCUT2D eigenvalue weighted by Gasteiger charge is -2.22. The van der Waals surface area contributed by atoms with E-state index in [1.54, 1.807) is 20.9 Å². The van der Waals surface area contributed by atoms with Crippen molar-refractivity contribution in [1.82, 2.24) is 9.80 Å². The molecule has 1 aliphatic rings. The highest BCUT2D eigenvalue weighted by Crippen LogP contribution is 2.24. The van der Waals surface area contributed by atoms with Crippen molar-refractivity contribution in [3.8, 4) is 0 Å². The van der Waals surface area contributed by atoms with Gasteiger partial charge in [-0.3, -0.25) is 9.69 Å². The lowest BCUT2D eigenvalue weighted by atomic mass is 10.1. The highest BCUT2D eigenvalue weighted by Gasteiger charge is 2.48. The zero-order chi connectivity index (χ0) is 10.2. The Labute approximate surface area is 76.9 Å². The van der Waals surface area contributed by atoms with Crippen LogP contribution in [0.2, 0.25) is 0 Å². The lowest BCUT2D eigenvalue weighted by Crippen LogP contribution is -2.41. The molecule has 5 nitrogen and oxygen atoms in total. The number of carbonyl (C=O) groups is 2. The van der Waals surface area contributed by atoms with E-state index in [1.165, 1.54) is 4.90 Å². The summed E-state index contributed by atoms with van der Waals surface area (Å²) in [6, 6.07) is -0.343. The largest absolute Gasteiger partial charge is 0.395 e. The summed E-state index contributed by atoms with van der Waals surface area (Å²) in [7, 11) is 1.58. The monoisotopic (exact) mass is 186 g/mol. The zero-order valence-electron chi connectivity index (χ0n) is 8.07. The number of hydrogen-bond donors (Lipinski definition) is 1. The van der Waals surface area contributed by atoms with Crippen molar-refractivity contribution < 1.29 is 14.7 Å². The Morgan fingerprint density at radius 3 is 2.23 bits per heavy atom. The van der Waals surface area contributed by atoms with E-state index in [4.69, 9.17) is 5.11 Å². The molecule has 0 aliphatic carbocycles. The van der Waals surface area contributed by atoms with Crippen LogP contribution in [0.1, 0.15) is 13.8 Å². The van der Waals surface area contributed by atoms with Crippen molar-refractivity contribution in [3.05, 3.63) is 0 Å². The Morgan fingerprint density at radius 2 is 1.92 bits per heavy atom. The number of β-amino-alcohol motifs (C(OH)–C–C–N with tert-alkyl or cyclic N) is 1. The van der Waals surface area contributed by atoms with Crippen LogP contribution in [0.3, 0.4) is 0 Å². The van der Waals surface area contributed by atoms with Gasteiger partial charge in [0.15, 0.2) is 0 Å². The normalized spacial score (nSPS) is 21.5. The van der Waals surface area contributed by atoms with Gasteiger partial charge in [-0.1, -0.05) is 0 Å². The second-order valence-corrected chi connectivity index (χ2v) is 3.58. The molecule has 1 saturated heterocycles. The fourth-order valence-electron chi connectivity index (χ4n) is 1.28. The maximum absolute atomic E-state index is 11.6. The third-order valence-corrected chi connectivity index (χ3v) is 2.45. The Morgan fingerprint density at radius 1 is 1.38 bits per heavy atom. The van der Waals surface area contributed by atoms with E-state index in [-0.39, 0.29) is 25.1 Å². The average molecular weight is 186 g/mol. The second kappa shape index (κ2) is 2.99. The second-order valence-electron chi connectivity index (χ2n) is 3.58. The van der Waals surface area contributed by atoms with Crippen LogP contribution in [-0.2, 0) is 4.79 Å². The van der Waals surface area contributed by atoms with Crippen LogP contribution in [0.25, 0.3) is 0 Å². The Bertz CT molecular complexity index is 250. The van der Waals surface area contributed by atoms with Crippen LogP contribution >= 0.6 is 0 Å². The summed E-state index contributed by atoms with van der Waals surface area (Å²) in [5.74, 6) is -0.256. The van der Waals surface area contributed by atoms with Crippen LogP contribution in [-0.4, -0.2) is 52.6 Å². The molecule has 0 radical (unpaired) electrons. The molecule has 0 bridgehead atoms. The number of carbonyl (C=O) groups excluding carboxylic acids is 2. The summed E-state index contributed by atoms with van der Waals surface area (Å²) in [6.45, 7) is 3.25. The molecule has 0 aromatic rings. The fraction of sp³-hybridized carbons (Fsp3) is 0.750. The van der Waals surface area contributed by atoms with Gasteiger partial charge in [0.1, 0.15) is 5.54 Å². The molecule has 0 aromatic heterocycles. The van der Waals surface area contributed by atoms with Crippen LogP contribution in [0.5, 0.6) is 0 Å². The quantitative estimate of drug-likeness (QED) is 0.600. The van der Waals surface area contributed by atoms with E-state index in [0.717, 1.165) is 4.90 Å². The van der Waals surface area contributed by atoms with Crippen molar-refractivity contribution in [2.75, 3.05) is 20.2 Å². The minimum absolute atomic E-state index is 0.0748. The van der Waals surface area contributed by atoms with Gasteiger partial charge in [0, 0.05) is 7.05 Å². The molecule has 1 heterocycles. The predicted octanol–water partition coefficient (Wildman–Crippen LogP) is -0.349. The molecular formula is C8H14N2O3. The Hall–Kier alpha value is -1.10. The topological polar surface area (TPSA) is 60.9 Å². The number of hydrogen-bond acceptors (Lipinski definition) is 3. The molecule has 3 amide bonds. The highest BCUT2D eigenvalue weighted by atomic mass is 16.3. The average Bonchev–Trinajstić information content (AvgIpc) is 2.21. The van der Waals surface area contributed by atoms with Crippen molar-refractivity contribution >= 4 is 11.9 Å². The van der Waals surface area contributed by atoms with E-state index in [0.29, 0.717) is 0 Å². The molecule has 1 N–H and O–H groups in total. The minimum atomic E-state index is -0.785. The number of imide groups is 1. The summed E-state index contributed by atoms with van der Waals surface area (Å²) in [5, 5.41) is 8.65. The minimum Gasteiger partial charge on any atom is -0.395 e.